The molecule has 2 aromatic rings. The van der Waals surface area contributed by atoms with Crippen LogP contribution < -0.4 is 0 Å². The molecular weight excluding hydrogens is 408 g/mol. The number of hydrogen-bond acceptors (Lipinski definition) is 5. The molecule has 1 aliphatic rings. The van der Waals surface area contributed by atoms with E-state index in [1.54, 1.807) is 11.9 Å². The van der Waals surface area contributed by atoms with Crippen LogP contribution in [0.5, 0.6) is 0 Å². The van der Waals surface area contributed by atoms with E-state index in [9.17, 15) is 14.7 Å². The van der Waals surface area contributed by atoms with Gasteiger partial charge in [0.05, 0.1) is 39.0 Å². The number of aliphatic hydroxyl groups excluding tert-OH is 1. The van der Waals surface area contributed by atoms with E-state index in [2.05, 4.69) is 0 Å². The normalized spacial score (nSPS) is 19.9. The van der Waals surface area contributed by atoms with Crippen molar-refractivity contribution in [1.29, 1.82) is 0 Å². The van der Waals surface area contributed by atoms with E-state index in [0.29, 0.717) is 25.3 Å². The molecule has 0 radical (unpaired) electrons. The van der Waals surface area contributed by atoms with Gasteiger partial charge >= 0.3 is 6.09 Å². The molecule has 7 heteroatoms. The molecule has 32 heavy (non-hydrogen) atoms. The molecular formula is C25H32N2O5. The number of rotatable bonds is 4. The van der Waals surface area contributed by atoms with Crippen LogP contribution in [-0.2, 0) is 16.1 Å². The summed E-state index contributed by atoms with van der Waals surface area (Å²) in [6.07, 6.45) is -0.783. The van der Waals surface area contributed by atoms with Crippen molar-refractivity contribution >= 4 is 12.0 Å². The summed E-state index contributed by atoms with van der Waals surface area (Å²) in [7, 11) is 3.01. The van der Waals surface area contributed by atoms with Crippen LogP contribution >= 0.6 is 0 Å². The Morgan fingerprint density at radius 2 is 1.81 bits per heavy atom. The average molecular weight is 441 g/mol. The number of carbonyl (C=O) groups is 2. The van der Waals surface area contributed by atoms with Gasteiger partial charge in [0.25, 0.3) is 5.91 Å². The van der Waals surface area contributed by atoms with Crippen LogP contribution in [0.25, 0.3) is 11.1 Å². The summed E-state index contributed by atoms with van der Waals surface area (Å²) in [6.45, 7) is 4.72. The molecule has 3 atom stereocenters. The quantitative estimate of drug-likeness (QED) is 0.788. The van der Waals surface area contributed by atoms with E-state index in [0.717, 1.165) is 16.7 Å². The van der Waals surface area contributed by atoms with Gasteiger partial charge in [0.2, 0.25) is 0 Å². The van der Waals surface area contributed by atoms with Crippen molar-refractivity contribution < 1.29 is 24.2 Å². The highest BCUT2D eigenvalue weighted by Crippen LogP contribution is 2.31. The maximum absolute atomic E-state index is 13.7. The van der Waals surface area contributed by atoms with E-state index < -0.39 is 6.09 Å². The molecule has 7 nitrogen and oxygen atoms in total. The Morgan fingerprint density at radius 3 is 2.47 bits per heavy atom. The van der Waals surface area contributed by atoms with Crippen LogP contribution in [0.4, 0.5) is 4.79 Å². The molecule has 172 valence electrons. The molecule has 0 unspecified atom stereocenters. The SMILES string of the molecule is COC(=O)N(C)C[C@H]1OCc2ccccc2-c2ccccc2C(=O)N([C@@H](C)CO)C[C@@H]1C. The van der Waals surface area contributed by atoms with Crippen molar-refractivity contribution in [3.05, 3.63) is 59.7 Å². The van der Waals surface area contributed by atoms with E-state index in [1.165, 1.54) is 12.0 Å². The summed E-state index contributed by atoms with van der Waals surface area (Å²) >= 11 is 0. The van der Waals surface area contributed by atoms with Gasteiger partial charge in [-0.05, 0) is 29.7 Å². The van der Waals surface area contributed by atoms with Crippen LogP contribution in [0.2, 0.25) is 0 Å². The highest BCUT2D eigenvalue weighted by atomic mass is 16.5. The Bertz CT molecular complexity index is 947. The second-order valence-electron chi connectivity index (χ2n) is 8.37. The molecule has 1 heterocycles. The maximum Gasteiger partial charge on any atom is 0.409 e. The number of carbonyl (C=O) groups excluding carboxylic acids is 2. The van der Waals surface area contributed by atoms with Crippen molar-refractivity contribution in [3.63, 3.8) is 0 Å². The first-order chi connectivity index (χ1) is 15.4. The van der Waals surface area contributed by atoms with Gasteiger partial charge in [0.1, 0.15) is 0 Å². The molecule has 1 N–H and O–H groups in total. The lowest BCUT2D eigenvalue weighted by Gasteiger charge is -2.34. The van der Waals surface area contributed by atoms with E-state index in [-0.39, 0.29) is 30.6 Å². The molecule has 2 aromatic carbocycles. The molecule has 0 aliphatic carbocycles. The monoisotopic (exact) mass is 440 g/mol. The largest absolute Gasteiger partial charge is 0.453 e. The van der Waals surface area contributed by atoms with Gasteiger partial charge in [-0.3, -0.25) is 4.79 Å². The Balaban J connectivity index is 2.08. The summed E-state index contributed by atoms with van der Waals surface area (Å²) in [6, 6.07) is 15.1. The molecule has 0 spiro atoms. The summed E-state index contributed by atoms with van der Waals surface area (Å²) in [5, 5.41) is 9.86. The minimum atomic E-state index is -0.445. The van der Waals surface area contributed by atoms with Crippen LogP contribution in [0.15, 0.2) is 48.5 Å². The average Bonchev–Trinajstić information content (AvgIpc) is 2.84. The number of benzene rings is 2. The zero-order valence-electron chi connectivity index (χ0n) is 19.2. The number of methoxy groups -OCH3 is 1. The van der Waals surface area contributed by atoms with Crippen molar-refractivity contribution in [2.45, 2.75) is 32.6 Å². The first kappa shape index (κ1) is 23.8. The van der Waals surface area contributed by atoms with Gasteiger partial charge in [-0.25, -0.2) is 4.79 Å². The highest BCUT2D eigenvalue weighted by Gasteiger charge is 2.31. The van der Waals surface area contributed by atoms with Crippen molar-refractivity contribution in [2.75, 3.05) is 33.9 Å². The fourth-order valence-electron chi connectivity index (χ4n) is 4.05. The van der Waals surface area contributed by atoms with E-state index in [4.69, 9.17) is 9.47 Å². The summed E-state index contributed by atoms with van der Waals surface area (Å²) in [5.74, 6) is -0.233. The van der Waals surface area contributed by atoms with Gasteiger partial charge in [-0.15, -0.1) is 0 Å². The van der Waals surface area contributed by atoms with E-state index >= 15 is 0 Å². The maximum atomic E-state index is 13.7. The van der Waals surface area contributed by atoms with Gasteiger partial charge in [-0.2, -0.15) is 0 Å². The number of fused-ring (bicyclic) bond motifs is 3. The first-order valence-corrected chi connectivity index (χ1v) is 10.9. The second kappa shape index (κ2) is 10.6. The van der Waals surface area contributed by atoms with Gasteiger partial charge in [-0.1, -0.05) is 49.4 Å². The number of likely N-dealkylation sites (N-methyl/N-ethyl adjacent to an activating group) is 1. The van der Waals surface area contributed by atoms with E-state index in [1.807, 2.05) is 62.4 Å². The molecule has 0 aromatic heterocycles. The first-order valence-electron chi connectivity index (χ1n) is 10.9. The molecule has 2 amide bonds. The van der Waals surface area contributed by atoms with Crippen LogP contribution in [-0.4, -0.2) is 72.9 Å². The van der Waals surface area contributed by atoms with Crippen LogP contribution in [0.1, 0.15) is 29.8 Å². The van der Waals surface area contributed by atoms with Crippen molar-refractivity contribution in [3.8, 4) is 11.1 Å². The molecule has 0 bridgehead atoms. The number of amides is 2. The predicted molar refractivity (Wildman–Crippen MR) is 122 cm³/mol. The van der Waals surface area contributed by atoms with Crippen LogP contribution in [0.3, 0.4) is 0 Å². The predicted octanol–water partition coefficient (Wildman–Crippen LogP) is 3.41. The Morgan fingerprint density at radius 1 is 1.19 bits per heavy atom. The van der Waals surface area contributed by atoms with Crippen molar-refractivity contribution in [2.24, 2.45) is 5.92 Å². The number of aliphatic hydroxyl groups is 1. The zero-order chi connectivity index (χ0) is 23.3. The molecule has 0 saturated heterocycles. The lowest BCUT2D eigenvalue weighted by atomic mass is 9.94. The lowest BCUT2D eigenvalue weighted by molar-refractivity contribution is -0.0219. The number of nitrogens with zero attached hydrogens (tertiary/aromatic N) is 2. The highest BCUT2D eigenvalue weighted by molar-refractivity contribution is 6.01. The smallest absolute Gasteiger partial charge is 0.409 e. The summed E-state index contributed by atoms with van der Waals surface area (Å²) in [4.78, 5) is 28.9. The number of hydrogen-bond donors (Lipinski definition) is 1. The molecule has 0 saturated carbocycles. The standard InChI is InChI=1S/C25H32N2O5/c1-17-13-27(18(2)15-28)24(29)22-12-8-7-11-21(22)20-10-6-5-9-19(20)16-32-23(17)14-26(3)25(30)31-4/h5-12,17-18,23,28H,13-16H2,1-4H3/t17-,18-,23+/m0/s1. The Hall–Kier alpha value is -2.90. The fraction of sp³-hybridized carbons (Fsp3) is 0.440. The second-order valence-corrected chi connectivity index (χ2v) is 8.37. The molecule has 0 fully saturated rings. The zero-order valence-corrected chi connectivity index (χ0v) is 19.2. The van der Waals surface area contributed by atoms with Gasteiger partial charge in [0.15, 0.2) is 0 Å². The van der Waals surface area contributed by atoms with Gasteiger partial charge < -0.3 is 24.4 Å². The lowest BCUT2D eigenvalue weighted by Crippen LogP contribution is -2.47. The van der Waals surface area contributed by atoms with Crippen molar-refractivity contribution in [1.82, 2.24) is 9.80 Å². The van der Waals surface area contributed by atoms with Crippen LogP contribution in [0, 0.1) is 5.92 Å². The third kappa shape index (κ3) is 5.11. The summed E-state index contributed by atoms with van der Waals surface area (Å²) < 4.78 is 11.2. The Kier molecular flexibility index (Phi) is 7.88. The molecule has 1 aliphatic heterocycles. The summed E-state index contributed by atoms with van der Waals surface area (Å²) in [5.41, 5.74) is 3.33. The number of ether oxygens (including phenoxy) is 2. The van der Waals surface area contributed by atoms with Gasteiger partial charge in [0, 0.05) is 25.1 Å². The minimum Gasteiger partial charge on any atom is -0.453 e. The topological polar surface area (TPSA) is 79.3 Å². The Labute approximate surface area is 189 Å². The fourth-order valence-corrected chi connectivity index (χ4v) is 4.05. The minimum absolute atomic E-state index is 0.0996. The molecule has 3 rings (SSSR count). The third-order valence-electron chi connectivity index (χ3n) is 6.03. The third-order valence-corrected chi connectivity index (χ3v) is 6.03.